The molecule has 1 heterocycles. The van der Waals surface area contributed by atoms with E-state index in [0.717, 1.165) is 12.2 Å². The number of carbonyl (C=O) groups is 3. The zero-order valence-corrected chi connectivity index (χ0v) is 15.4. The Balaban J connectivity index is 1.34. The van der Waals surface area contributed by atoms with Crippen LogP contribution in [-0.2, 0) is 4.79 Å². The summed E-state index contributed by atoms with van der Waals surface area (Å²) in [5.41, 5.74) is 1.36. The minimum atomic E-state index is -0.395. The van der Waals surface area contributed by atoms with Crippen LogP contribution in [0.5, 0.6) is 0 Å². The van der Waals surface area contributed by atoms with E-state index in [1.165, 1.54) is 34.9 Å². The molecular formula is C20H19FN2O3S. The van der Waals surface area contributed by atoms with Gasteiger partial charge in [0, 0.05) is 12.2 Å². The van der Waals surface area contributed by atoms with Gasteiger partial charge in [-0.15, -0.1) is 0 Å². The highest BCUT2D eigenvalue weighted by Gasteiger charge is 2.34. The van der Waals surface area contributed by atoms with Gasteiger partial charge in [-0.25, -0.2) is 4.39 Å². The summed E-state index contributed by atoms with van der Waals surface area (Å²) >= 11 is 1.46. The molecule has 0 spiro atoms. The predicted octanol–water partition coefficient (Wildman–Crippen LogP) is 3.57. The molecule has 2 aromatic rings. The van der Waals surface area contributed by atoms with Gasteiger partial charge in [-0.2, -0.15) is 11.8 Å². The van der Waals surface area contributed by atoms with Gasteiger partial charge in [0.25, 0.3) is 11.8 Å². The summed E-state index contributed by atoms with van der Waals surface area (Å²) in [6.07, 6.45) is 1.47. The number of hydrogen-bond donors (Lipinski definition) is 1. The zero-order chi connectivity index (χ0) is 19.2. The second-order valence-electron chi connectivity index (χ2n) is 6.13. The number of amides is 3. The van der Waals surface area contributed by atoms with Crippen LogP contribution in [-0.4, -0.2) is 40.7 Å². The van der Waals surface area contributed by atoms with Crippen molar-refractivity contribution >= 4 is 35.2 Å². The maximum absolute atomic E-state index is 13.1. The van der Waals surface area contributed by atoms with Crippen LogP contribution >= 0.6 is 11.8 Å². The van der Waals surface area contributed by atoms with Crippen LogP contribution in [0.15, 0.2) is 48.5 Å². The van der Waals surface area contributed by atoms with Crippen molar-refractivity contribution in [1.29, 1.82) is 0 Å². The molecule has 140 valence electrons. The Hall–Kier alpha value is -2.67. The number of nitrogens with one attached hydrogen (secondary N) is 1. The molecule has 5 nitrogen and oxygen atoms in total. The lowest BCUT2D eigenvalue weighted by atomic mass is 10.1. The molecule has 27 heavy (non-hydrogen) atoms. The van der Waals surface area contributed by atoms with Crippen LogP contribution in [0.25, 0.3) is 0 Å². The minimum Gasteiger partial charge on any atom is -0.325 e. The molecule has 0 atom stereocenters. The molecular weight excluding hydrogens is 367 g/mol. The van der Waals surface area contributed by atoms with Crippen molar-refractivity contribution in [2.45, 2.75) is 12.8 Å². The number of rotatable bonds is 8. The van der Waals surface area contributed by atoms with Crippen molar-refractivity contribution in [2.24, 2.45) is 0 Å². The Kier molecular flexibility index (Phi) is 6.24. The summed E-state index contributed by atoms with van der Waals surface area (Å²) in [4.78, 5) is 37.6. The molecule has 2 aromatic carbocycles. The minimum absolute atomic E-state index is 0.189. The average molecular weight is 386 g/mol. The third-order valence-electron chi connectivity index (χ3n) is 4.14. The van der Waals surface area contributed by atoms with Crippen molar-refractivity contribution < 1.29 is 18.8 Å². The van der Waals surface area contributed by atoms with Crippen molar-refractivity contribution in [3.63, 3.8) is 0 Å². The lowest BCUT2D eigenvalue weighted by molar-refractivity contribution is -0.113. The van der Waals surface area contributed by atoms with Crippen LogP contribution < -0.4 is 5.32 Å². The number of halogens is 1. The fourth-order valence-corrected chi connectivity index (χ4v) is 3.65. The Morgan fingerprint density at radius 1 is 1.00 bits per heavy atom. The van der Waals surface area contributed by atoms with Crippen molar-refractivity contribution in [3.05, 3.63) is 65.5 Å². The molecule has 7 heteroatoms. The van der Waals surface area contributed by atoms with Crippen molar-refractivity contribution in [3.8, 4) is 0 Å². The van der Waals surface area contributed by atoms with Gasteiger partial charge in [0.1, 0.15) is 5.82 Å². The summed E-state index contributed by atoms with van der Waals surface area (Å²) in [5, 5.41) is 2.64. The van der Waals surface area contributed by atoms with E-state index in [1.807, 2.05) is 0 Å². The Labute approximate surface area is 160 Å². The second-order valence-corrected chi connectivity index (χ2v) is 7.23. The summed E-state index contributed by atoms with van der Waals surface area (Å²) in [7, 11) is 0. The van der Waals surface area contributed by atoms with E-state index in [-0.39, 0.29) is 23.5 Å². The topological polar surface area (TPSA) is 66.5 Å². The summed E-state index contributed by atoms with van der Waals surface area (Å²) < 4.78 is 13.1. The number of imide groups is 1. The molecule has 0 fully saturated rings. The number of unbranched alkanes of at least 4 members (excludes halogenated alkanes) is 1. The molecule has 0 aliphatic carbocycles. The van der Waals surface area contributed by atoms with Gasteiger partial charge < -0.3 is 5.32 Å². The van der Waals surface area contributed by atoms with Crippen LogP contribution in [0.4, 0.5) is 10.1 Å². The molecule has 1 aliphatic rings. The van der Waals surface area contributed by atoms with Crippen LogP contribution in [0.2, 0.25) is 0 Å². The molecule has 0 unspecified atom stereocenters. The number of thioether (sulfide) groups is 1. The third kappa shape index (κ3) is 4.74. The van der Waals surface area contributed by atoms with Crippen LogP contribution in [0.3, 0.4) is 0 Å². The maximum Gasteiger partial charge on any atom is 0.261 e. The maximum atomic E-state index is 13.1. The van der Waals surface area contributed by atoms with Gasteiger partial charge in [0.15, 0.2) is 0 Å². The van der Waals surface area contributed by atoms with Crippen LogP contribution in [0.1, 0.15) is 33.6 Å². The first kappa shape index (κ1) is 19.1. The number of fused-ring (bicyclic) bond motifs is 1. The predicted molar refractivity (Wildman–Crippen MR) is 103 cm³/mol. The standard InChI is InChI=1S/C20H19FN2O3S/c21-14-6-5-7-15(12-14)22-18(24)13-27-11-4-3-10-23-19(25)16-8-1-2-9-17(16)20(23)26/h1-2,5-9,12H,3-4,10-11,13H2,(H,22,24). The monoisotopic (exact) mass is 386 g/mol. The first-order chi connectivity index (χ1) is 13.1. The quantitative estimate of drug-likeness (QED) is 0.556. The van der Waals surface area contributed by atoms with Gasteiger partial charge in [0.2, 0.25) is 5.91 Å². The highest BCUT2D eigenvalue weighted by molar-refractivity contribution is 7.99. The fraction of sp³-hybridized carbons (Fsp3) is 0.250. The molecule has 0 bridgehead atoms. The molecule has 0 aromatic heterocycles. The number of nitrogens with zero attached hydrogens (tertiary/aromatic N) is 1. The van der Waals surface area contributed by atoms with E-state index in [2.05, 4.69) is 5.32 Å². The van der Waals surface area contributed by atoms with E-state index >= 15 is 0 Å². The number of benzene rings is 2. The molecule has 1 N–H and O–H groups in total. The number of anilines is 1. The lowest BCUT2D eigenvalue weighted by Gasteiger charge is -2.13. The highest BCUT2D eigenvalue weighted by Crippen LogP contribution is 2.22. The summed E-state index contributed by atoms with van der Waals surface area (Å²) in [6, 6.07) is 12.6. The molecule has 0 radical (unpaired) electrons. The van der Waals surface area contributed by atoms with E-state index in [0.29, 0.717) is 29.8 Å². The third-order valence-corrected chi connectivity index (χ3v) is 5.18. The molecule has 0 saturated heterocycles. The fourth-order valence-electron chi connectivity index (χ4n) is 2.84. The molecule has 3 amide bonds. The normalized spacial score (nSPS) is 13.0. The van der Waals surface area contributed by atoms with Gasteiger partial charge in [-0.3, -0.25) is 19.3 Å². The van der Waals surface area contributed by atoms with Crippen molar-refractivity contribution in [2.75, 3.05) is 23.4 Å². The summed E-state index contributed by atoms with van der Waals surface area (Å²) in [5.74, 6) is -0.0569. The average Bonchev–Trinajstić information content (AvgIpc) is 2.89. The summed E-state index contributed by atoms with van der Waals surface area (Å²) in [6.45, 7) is 0.377. The van der Waals surface area contributed by atoms with E-state index in [1.54, 1.807) is 30.3 Å². The van der Waals surface area contributed by atoms with Gasteiger partial charge in [0.05, 0.1) is 16.9 Å². The zero-order valence-electron chi connectivity index (χ0n) is 14.6. The highest BCUT2D eigenvalue weighted by atomic mass is 32.2. The second kappa shape index (κ2) is 8.81. The molecule has 3 rings (SSSR count). The Bertz CT molecular complexity index is 837. The van der Waals surface area contributed by atoms with Gasteiger partial charge >= 0.3 is 0 Å². The Morgan fingerprint density at radius 2 is 1.70 bits per heavy atom. The number of carbonyl (C=O) groups excluding carboxylic acids is 3. The smallest absolute Gasteiger partial charge is 0.261 e. The van der Waals surface area contributed by atoms with E-state index in [9.17, 15) is 18.8 Å². The van der Waals surface area contributed by atoms with Gasteiger partial charge in [-0.05, 0) is 48.9 Å². The van der Waals surface area contributed by atoms with E-state index in [4.69, 9.17) is 0 Å². The number of hydrogen-bond acceptors (Lipinski definition) is 4. The van der Waals surface area contributed by atoms with E-state index < -0.39 is 5.82 Å². The molecule has 1 aliphatic heterocycles. The molecule has 0 saturated carbocycles. The largest absolute Gasteiger partial charge is 0.325 e. The Morgan fingerprint density at radius 3 is 2.37 bits per heavy atom. The lowest BCUT2D eigenvalue weighted by Crippen LogP contribution is -2.30. The first-order valence-electron chi connectivity index (χ1n) is 8.64. The van der Waals surface area contributed by atoms with Crippen LogP contribution in [0, 0.1) is 5.82 Å². The van der Waals surface area contributed by atoms with Gasteiger partial charge in [-0.1, -0.05) is 18.2 Å². The SMILES string of the molecule is O=C(CSCCCCN1C(=O)c2ccccc2C1=O)Nc1cccc(F)c1. The van der Waals surface area contributed by atoms with Crippen molar-refractivity contribution in [1.82, 2.24) is 4.90 Å². The first-order valence-corrected chi connectivity index (χ1v) is 9.80.